The molecular formula is C18H20N2O. The lowest BCUT2D eigenvalue weighted by molar-refractivity contribution is -0.119. The molecule has 0 saturated carbocycles. The predicted molar refractivity (Wildman–Crippen MR) is 86.8 cm³/mol. The summed E-state index contributed by atoms with van der Waals surface area (Å²) in [5, 5.41) is 0. The van der Waals surface area contributed by atoms with Gasteiger partial charge in [-0.05, 0) is 37.1 Å². The first-order chi connectivity index (χ1) is 10.2. The van der Waals surface area contributed by atoms with E-state index in [0.29, 0.717) is 0 Å². The van der Waals surface area contributed by atoms with E-state index in [-0.39, 0.29) is 11.9 Å². The van der Waals surface area contributed by atoms with Crippen LogP contribution in [-0.2, 0) is 11.2 Å². The molecule has 3 nitrogen and oxygen atoms in total. The lowest BCUT2D eigenvalue weighted by Crippen LogP contribution is -2.45. The lowest BCUT2D eigenvalue weighted by Gasteiger charge is -2.30. The molecule has 21 heavy (non-hydrogen) atoms. The van der Waals surface area contributed by atoms with Crippen LogP contribution in [-0.4, -0.2) is 25.5 Å². The van der Waals surface area contributed by atoms with Gasteiger partial charge in [-0.3, -0.25) is 4.79 Å². The average molecular weight is 280 g/mol. The van der Waals surface area contributed by atoms with E-state index < -0.39 is 0 Å². The molecule has 108 valence electrons. The highest BCUT2D eigenvalue weighted by Gasteiger charge is 2.29. The van der Waals surface area contributed by atoms with Crippen LogP contribution >= 0.6 is 0 Å². The third kappa shape index (κ3) is 2.51. The van der Waals surface area contributed by atoms with Crippen molar-refractivity contribution in [2.75, 3.05) is 23.4 Å². The summed E-state index contributed by atoms with van der Waals surface area (Å²) >= 11 is 0. The van der Waals surface area contributed by atoms with Gasteiger partial charge < -0.3 is 9.80 Å². The van der Waals surface area contributed by atoms with Gasteiger partial charge in [0.25, 0.3) is 0 Å². The zero-order valence-corrected chi connectivity index (χ0v) is 12.5. The van der Waals surface area contributed by atoms with Gasteiger partial charge >= 0.3 is 0 Å². The van der Waals surface area contributed by atoms with Gasteiger partial charge in [0.15, 0.2) is 0 Å². The Morgan fingerprint density at radius 2 is 1.76 bits per heavy atom. The molecule has 1 heterocycles. The predicted octanol–water partition coefficient (Wildman–Crippen LogP) is 3.10. The minimum atomic E-state index is -0.182. The average Bonchev–Trinajstić information content (AvgIpc) is 2.97. The van der Waals surface area contributed by atoms with Gasteiger partial charge in [-0.1, -0.05) is 36.4 Å². The summed E-state index contributed by atoms with van der Waals surface area (Å²) in [6.45, 7) is 2.75. The summed E-state index contributed by atoms with van der Waals surface area (Å²) in [6.07, 6.45) is 0.948. The maximum absolute atomic E-state index is 12.8. The van der Waals surface area contributed by atoms with E-state index in [1.165, 1.54) is 5.56 Å². The van der Waals surface area contributed by atoms with E-state index in [4.69, 9.17) is 0 Å². The molecule has 1 aliphatic rings. The molecule has 0 spiro atoms. The van der Waals surface area contributed by atoms with Crippen LogP contribution in [0.25, 0.3) is 0 Å². The topological polar surface area (TPSA) is 23.6 Å². The minimum Gasteiger partial charge on any atom is -0.363 e. The summed E-state index contributed by atoms with van der Waals surface area (Å²) < 4.78 is 0. The maximum Gasteiger partial charge on any atom is 0.249 e. The third-order valence-corrected chi connectivity index (χ3v) is 4.25. The second-order valence-electron chi connectivity index (χ2n) is 5.49. The van der Waals surface area contributed by atoms with Crippen molar-refractivity contribution in [3.63, 3.8) is 0 Å². The highest BCUT2D eigenvalue weighted by atomic mass is 16.2. The zero-order valence-electron chi connectivity index (χ0n) is 12.5. The van der Waals surface area contributed by atoms with Crippen molar-refractivity contribution in [3.8, 4) is 0 Å². The molecule has 0 aliphatic carbocycles. The first-order valence-corrected chi connectivity index (χ1v) is 7.35. The van der Waals surface area contributed by atoms with Crippen molar-refractivity contribution in [2.24, 2.45) is 0 Å². The fourth-order valence-corrected chi connectivity index (χ4v) is 2.85. The number of hydrogen-bond acceptors (Lipinski definition) is 2. The molecule has 0 N–H and O–H groups in total. The summed E-state index contributed by atoms with van der Waals surface area (Å²) in [6, 6.07) is 18.0. The molecule has 2 aromatic rings. The first kappa shape index (κ1) is 13.7. The van der Waals surface area contributed by atoms with Gasteiger partial charge in [-0.15, -0.1) is 0 Å². The van der Waals surface area contributed by atoms with Crippen LogP contribution in [0.3, 0.4) is 0 Å². The van der Waals surface area contributed by atoms with Gasteiger partial charge in [0.1, 0.15) is 6.04 Å². The van der Waals surface area contributed by atoms with E-state index in [1.54, 1.807) is 0 Å². The van der Waals surface area contributed by atoms with Crippen molar-refractivity contribution in [1.82, 2.24) is 0 Å². The standard InChI is InChI=1S/C18H20N2O/c1-14(19(2)16-9-4-3-5-10-16)18(21)20-13-12-15-8-6-7-11-17(15)20/h3-11,14H,12-13H2,1-2H3. The van der Waals surface area contributed by atoms with Crippen molar-refractivity contribution in [1.29, 1.82) is 0 Å². The Hall–Kier alpha value is -2.29. The van der Waals surface area contributed by atoms with Gasteiger partial charge in [0.05, 0.1) is 0 Å². The quantitative estimate of drug-likeness (QED) is 0.862. The van der Waals surface area contributed by atoms with Crippen LogP contribution in [0.1, 0.15) is 12.5 Å². The van der Waals surface area contributed by atoms with Crippen molar-refractivity contribution >= 4 is 17.3 Å². The SMILES string of the molecule is CC(C(=O)N1CCc2ccccc21)N(C)c1ccccc1. The molecule has 0 fully saturated rings. The Labute approximate surface area is 125 Å². The molecular weight excluding hydrogens is 260 g/mol. The van der Waals surface area contributed by atoms with Crippen LogP contribution in [0, 0.1) is 0 Å². The molecule has 1 amide bonds. The van der Waals surface area contributed by atoms with Crippen LogP contribution in [0.2, 0.25) is 0 Å². The number of para-hydroxylation sites is 2. The van der Waals surface area contributed by atoms with E-state index in [9.17, 15) is 4.79 Å². The van der Waals surface area contributed by atoms with Gasteiger partial charge in [-0.25, -0.2) is 0 Å². The summed E-state index contributed by atoms with van der Waals surface area (Å²) in [4.78, 5) is 16.8. The number of likely N-dealkylation sites (N-methyl/N-ethyl adjacent to an activating group) is 1. The number of hydrogen-bond donors (Lipinski definition) is 0. The fraction of sp³-hybridized carbons (Fsp3) is 0.278. The van der Waals surface area contributed by atoms with Crippen LogP contribution in [0.4, 0.5) is 11.4 Å². The Bertz CT molecular complexity index is 639. The van der Waals surface area contributed by atoms with Crippen LogP contribution in [0.5, 0.6) is 0 Å². The number of fused-ring (bicyclic) bond motifs is 1. The summed E-state index contributed by atoms with van der Waals surface area (Å²) in [5.41, 5.74) is 3.39. The second-order valence-corrected chi connectivity index (χ2v) is 5.49. The van der Waals surface area contributed by atoms with Gasteiger partial charge in [0, 0.05) is 25.0 Å². The second kappa shape index (κ2) is 5.60. The highest BCUT2D eigenvalue weighted by molar-refractivity contribution is 6.00. The molecule has 2 aromatic carbocycles. The Morgan fingerprint density at radius 3 is 2.52 bits per heavy atom. The zero-order chi connectivity index (χ0) is 14.8. The Kier molecular flexibility index (Phi) is 3.65. The molecule has 1 unspecified atom stereocenters. The van der Waals surface area contributed by atoms with Gasteiger partial charge in [-0.2, -0.15) is 0 Å². The van der Waals surface area contributed by atoms with Crippen LogP contribution in [0.15, 0.2) is 54.6 Å². The maximum atomic E-state index is 12.8. The first-order valence-electron chi connectivity index (χ1n) is 7.35. The highest BCUT2D eigenvalue weighted by Crippen LogP contribution is 2.28. The number of carbonyl (C=O) groups is 1. The molecule has 0 bridgehead atoms. The van der Waals surface area contributed by atoms with E-state index in [0.717, 1.165) is 24.3 Å². The molecule has 0 saturated heterocycles. The molecule has 0 aromatic heterocycles. The summed E-state index contributed by atoms with van der Waals surface area (Å²) in [7, 11) is 1.97. The third-order valence-electron chi connectivity index (χ3n) is 4.25. The molecule has 3 rings (SSSR count). The van der Waals surface area contributed by atoms with Crippen LogP contribution < -0.4 is 9.80 Å². The molecule has 1 atom stereocenters. The minimum absolute atomic E-state index is 0.159. The lowest BCUT2D eigenvalue weighted by atomic mass is 10.1. The van der Waals surface area contributed by atoms with Gasteiger partial charge in [0.2, 0.25) is 5.91 Å². The monoisotopic (exact) mass is 280 g/mol. The Balaban J connectivity index is 1.80. The normalized spacial score (nSPS) is 14.7. The van der Waals surface area contributed by atoms with Crippen molar-refractivity contribution in [2.45, 2.75) is 19.4 Å². The number of rotatable bonds is 3. The number of nitrogens with zero attached hydrogens (tertiary/aromatic N) is 2. The van der Waals surface area contributed by atoms with Crippen molar-refractivity contribution < 1.29 is 4.79 Å². The molecule has 1 aliphatic heterocycles. The fourth-order valence-electron chi connectivity index (χ4n) is 2.85. The van der Waals surface area contributed by atoms with E-state index in [2.05, 4.69) is 6.07 Å². The van der Waals surface area contributed by atoms with E-state index >= 15 is 0 Å². The Morgan fingerprint density at radius 1 is 1.10 bits per heavy atom. The summed E-state index contributed by atoms with van der Waals surface area (Å²) in [5.74, 6) is 0.159. The smallest absolute Gasteiger partial charge is 0.249 e. The largest absolute Gasteiger partial charge is 0.363 e. The molecule has 3 heteroatoms. The number of benzene rings is 2. The number of carbonyl (C=O) groups excluding carboxylic acids is 1. The van der Waals surface area contributed by atoms with E-state index in [1.807, 2.05) is 72.3 Å². The van der Waals surface area contributed by atoms with Crippen molar-refractivity contribution in [3.05, 3.63) is 60.2 Å². The number of anilines is 2. The molecule has 0 radical (unpaired) electrons. The number of amides is 1.